The van der Waals surface area contributed by atoms with E-state index in [-0.39, 0.29) is 11.1 Å². The summed E-state index contributed by atoms with van der Waals surface area (Å²) in [6.07, 6.45) is 0.665. The number of aldehydes is 1. The lowest BCUT2D eigenvalue weighted by atomic mass is 9.96. The first-order valence-corrected chi connectivity index (χ1v) is 5.00. The Morgan fingerprint density at radius 3 is 2.41 bits per heavy atom. The van der Waals surface area contributed by atoms with E-state index in [1.54, 1.807) is 24.3 Å². The lowest BCUT2D eigenvalue weighted by molar-refractivity contribution is 0.0444. The van der Waals surface area contributed by atoms with Crippen LogP contribution in [-0.4, -0.2) is 18.2 Å². The minimum Gasteiger partial charge on any atom is -0.386 e. The summed E-state index contributed by atoms with van der Waals surface area (Å²) in [5.74, 6) is -1.35. The Kier molecular flexibility index (Phi) is 1.86. The molecule has 0 unspecified atom stereocenters. The van der Waals surface area contributed by atoms with Gasteiger partial charge in [-0.2, -0.15) is 0 Å². The number of cyclic esters (lactones) is 2. The van der Waals surface area contributed by atoms with E-state index in [9.17, 15) is 14.4 Å². The van der Waals surface area contributed by atoms with Gasteiger partial charge in [0, 0.05) is 5.56 Å². The third kappa shape index (κ3) is 1.21. The first kappa shape index (κ1) is 9.72. The molecule has 0 bridgehead atoms. The lowest BCUT2D eigenvalue weighted by Gasteiger charge is -2.03. The Morgan fingerprint density at radius 2 is 1.71 bits per heavy atom. The van der Waals surface area contributed by atoms with Crippen molar-refractivity contribution in [2.24, 2.45) is 0 Å². The van der Waals surface area contributed by atoms with Gasteiger partial charge in [0.25, 0.3) is 0 Å². The predicted molar refractivity (Wildman–Crippen MR) is 59.1 cm³/mol. The standard InChI is InChI=1S/C13H6O4/c14-6-7-5-10-11(13(16)17-12(10)15)9-4-2-1-3-8(7)9/h1-6H. The van der Waals surface area contributed by atoms with Gasteiger partial charge in [0.1, 0.15) is 0 Å². The second-order valence-electron chi connectivity index (χ2n) is 3.73. The van der Waals surface area contributed by atoms with Crippen molar-refractivity contribution in [3.05, 3.63) is 47.0 Å². The van der Waals surface area contributed by atoms with Gasteiger partial charge in [0.2, 0.25) is 0 Å². The molecule has 2 aromatic rings. The average Bonchev–Trinajstić information content (AvgIpc) is 2.64. The van der Waals surface area contributed by atoms with E-state index < -0.39 is 11.9 Å². The van der Waals surface area contributed by atoms with Gasteiger partial charge in [-0.25, -0.2) is 9.59 Å². The molecule has 0 radical (unpaired) electrons. The smallest absolute Gasteiger partial charge is 0.347 e. The maximum absolute atomic E-state index is 11.6. The van der Waals surface area contributed by atoms with Gasteiger partial charge < -0.3 is 4.74 Å². The Labute approximate surface area is 95.8 Å². The number of hydrogen-bond acceptors (Lipinski definition) is 4. The molecule has 0 N–H and O–H groups in total. The molecule has 0 amide bonds. The molecule has 82 valence electrons. The van der Waals surface area contributed by atoms with Crippen LogP contribution in [0.1, 0.15) is 31.1 Å². The lowest BCUT2D eigenvalue weighted by Crippen LogP contribution is -1.97. The Hall–Kier alpha value is -2.49. The van der Waals surface area contributed by atoms with E-state index in [0.717, 1.165) is 0 Å². The summed E-state index contributed by atoms with van der Waals surface area (Å²) >= 11 is 0. The highest BCUT2D eigenvalue weighted by molar-refractivity contribution is 6.23. The van der Waals surface area contributed by atoms with Crippen LogP contribution in [0.15, 0.2) is 30.3 Å². The van der Waals surface area contributed by atoms with Crippen LogP contribution in [-0.2, 0) is 4.74 Å². The van der Waals surface area contributed by atoms with Crippen molar-refractivity contribution in [2.45, 2.75) is 0 Å². The van der Waals surface area contributed by atoms with Crippen LogP contribution in [0, 0.1) is 0 Å². The Bertz CT molecular complexity index is 685. The van der Waals surface area contributed by atoms with E-state index in [0.29, 0.717) is 22.6 Å². The highest BCUT2D eigenvalue weighted by atomic mass is 16.6. The van der Waals surface area contributed by atoms with E-state index in [4.69, 9.17) is 0 Å². The molecule has 0 spiro atoms. The molecule has 4 heteroatoms. The van der Waals surface area contributed by atoms with Crippen LogP contribution in [0.4, 0.5) is 0 Å². The molecule has 17 heavy (non-hydrogen) atoms. The molecule has 1 heterocycles. The van der Waals surface area contributed by atoms with Crippen LogP contribution < -0.4 is 0 Å². The largest absolute Gasteiger partial charge is 0.386 e. The zero-order chi connectivity index (χ0) is 12.0. The van der Waals surface area contributed by atoms with Crippen molar-refractivity contribution < 1.29 is 19.1 Å². The number of carbonyl (C=O) groups excluding carboxylic acids is 3. The fraction of sp³-hybridized carbons (Fsp3) is 0. The monoisotopic (exact) mass is 226 g/mol. The highest BCUT2D eigenvalue weighted by Crippen LogP contribution is 2.30. The van der Waals surface area contributed by atoms with Gasteiger partial charge in [0.05, 0.1) is 11.1 Å². The number of esters is 2. The van der Waals surface area contributed by atoms with Crippen LogP contribution >= 0.6 is 0 Å². The summed E-state index contributed by atoms with van der Waals surface area (Å²) in [6.45, 7) is 0. The molecule has 0 aliphatic carbocycles. The minimum absolute atomic E-state index is 0.163. The van der Waals surface area contributed by atoms with Gasteiger partial charge in [-0.1, -0.05) is 24.3 Å². The van der Waals surface area contributed by atoms with Crippen molar-refractivity contribution in [3.63, 3.8) is 0 Å². The molecule has 1 aliphatic rings. The number of rotatable bonds is 1. The first-order valence-electron chi connectivity index (χ1n) is 5.00. The number of carbonyl (C=O) groups is 3. The van der Waals surface area contributed by atoms with Crippen molar-refractivity contribution in [1.29, 1.82) is 0 Å². The molecule has 4 nitrogen and oxygen atoms in total. The van der Waals surface area contributed by atoms with Gasteiger partial charge in [-0.05, 0) is 16.8 Å². The molecule has 0 saturated carbocycles. The quantitative estimate of drug-likeness (QED) is 0.423. The number of benzene rings is 2. The van der Waals surface area contributed by atoms with Crippen molar-refractivity contribution >= 4 is 29.0 Å². The Morgan fingerprint density at radius 1 is 1.00 bits per heavy atom. The van der Waals surface area contributed by atoms with Crippen molar-refractivity contribution in [1.82, 2.24) is 0 Å². The summed E-state index contributed by atoms with van der Waals surface area (Å²) in [6, 6.07) is 8.34. The molecule has 0 fully saturated rings. The Balaban J connectivity index is 2.53. The maximum atomic E-state index is 11.6. The van der Waals surface area contributed by atoms with Crippen LogP contribution in [0.5, 0.6) is 0 Å². The number of fused-ring (bicyclic) bond motifs is 3. The maximum Gasteiger partial charge on any atom is 0.347 e. The van der Waals surface area contributed by atoms with Gasteiger partial charge in [-0.15, -0.1) is 0 Å². The molecule has 2 aromatic carbocycles. The number of hydrogen-bond donors (Lipinski definition) is 0. The number of ether oxygens (including phenoxy) is 1. The highest BCUT2D eigenvalue weighted by Gasteiger charge is 2.32. The second-order valence-corrected chi connectivity index (χ2v) is 3.73. The van der Waals surface area contributed by atoms with E-state index in [1.807, 2.05) is 0 Å². The van der Waals surface area contributed by atoms with Crippen LogP contribution in [0.2, 0.25) is 0 Å². The fourth-order valence-corrected chi connectivity index (χ4v) is 2.07. The minimum atomic E-state index is -0.696. The normalized spacial score (nSPS) is 13.6. The summed E-state index contributed by atoms with van der Waals surface area (Å²) in [5.41, 5.74) is 0.790. The third-order valence-corrected chi connectivity index (χ3v) is 2.81. The fourth-order valence-electron chi connectivity index (χ4n) is 2.07. The second kappa shape index (κ2) is 3.25. The molecule has 0 atom stereocenters. The molecular formula is C13H6O4. The van der Waals surface area contributed by atoms with E-state index in [1.165, 1.54) is 6.07 Å². The molecule has 1 aliphatic heterocycles. The van der Waals surface area contributed by atoms with Crippen LogP contribution in [0.25, 0.3) is 10.8 Å². The third-order valence-electron chi connectivity index (χ3n) is 2.81. The zero-order valence-corrected chi connectivity index (χ0v) is 8.60. The zero-order valence-electron chi connectivity index (χ0n) is 8.60. The first-order chi connectivity index (χ1) is 8.22. The molecule has 0 aromatic heterocycles. The molecule has 0 saturated heterocycles. The topological polar surface area (TPSA) is 60.4 Å². The molecular weight excluding hydrogens is 220 g/mol. The summed E-state index contributed by atoms with van der Waals surface area (Å²) in [5, 5.41) is 1.22. The van der Waals surface area contributed by atoms with Gasteiger partial charge >= 0.3 is 11.9 Å². The summed E-state index contributed by atoms with van der Waals surface area (Å²) < 4.78 is 4.55. The van der Waals surface area contributed by atoms with Gasteiger partial charge in [-0.3, -0.25) is 4.79 Å². The van der Waals surface area contributed by atoms with E-state index >= 15 is 0 Å². The van der Waals surface area contributed by atoms with Crippen molar-refractivity contribution in [2.75, 3.05) is 0 Å². The van der Waals surface area contributed by atoms with Crippen molar-refractivity contribution in [3.8, 4) is 0 Å². The summed E-state index contributed by atoms with van der Waals surface area (Å²) in [4.78, 5) is 34.0. The molecule has 3 rings (SSSR count). The van der Waals surface area contributed by atoms with Crippen LogP contribution in [0.3, 0.4) is 0 Å². The summed E-state index contributed by atoms with van der Waals surface area (Å²) in [7, 11) is 0. The predicted octanol–water partition coefficient (Wildman–Crippen LogP) is 1.96. The SMILES string of the molecule is O=Cc1cc2c(c3ccccc13)C(=O)OC2=O. The van der Waals surface area contributed by atoms with E-state index in [2.05, 4.69) is 4.74 Å². The van der Waals surface area contributed by atoms with Gasteiger partial charge in [0.15, 0.2) is 6.29 Å². The average molecular weight is 226 g/mol.